The van der Waals surface area contributed by atoms with Gasteiger partial charge in [-0.2, -0.15) is 0 Å². The highest BCUT2D eigenvalue weighted by Crippen LogP contribution is 2.42. The molecule has 2 heteroatoms. The van der Waals surface area contributed by atoms with Crippen LogP contribution in [-0.4, -0.2) is 23.8 Å². The second-order valence-corrected chi connectivity index (χ2v) is 6.46. The molecule has 0 spiro atoms. The summed E-state index contributed by atoms with van der Waals surface area (Å²) in [6.07, 6.45) is 4.66. The molecule has 0 amide bonds. The molecule has 88 valence electrons. The zero-order valence-corrected chi connectivity index (χ0v) is 10.3. The minimum absolute atomic E-state index is 0.0443. The van der Waals surface area contributed by atoms with Crippen molar-refractivity contribution in [3.8, 4) is 0 Å². The molecular formula is C13H25NO. The highest BCUT2D eigenvalue weighted by molar-refractivity contribution is 4.94. The predicted octanol–water partition coefficient (Wildman–Crippen LogP) is 2.17. The van der Waals surface area contributed by atoms with Crippen LogP contribution in [0.1, 0.15) is 46.5 Å². The quantitative estimate of drug-likeness (QED) is 0.643. The van der Waals surface area contributed by atoms with Gasteiger partial charge in [0.2, 0.25) is 0 Å². The van der Waals surface area contributed by atoms with Crippen molar-refractivity contribution in [2.75, 3.05) is 6.54 Å². The lowest BCUT2D eigenvalue weighted by Crippen LogP contribution is -2.52. The second-order valence-electron chi connectivity index (χ2n) is 6.46. The minimum atomic E-state index is -0.0443. The fourth-order valence-corrected chi connectivity index (χ4v) is 3.31. The molecule has 1 aliphatic carbocycles. The maximum absolute atomic E-state index is 9.95. The Morgan fingerprint density at radius 1 is 1.13 bits per heavy atom. The van der Waals surface area contributed by atoms with Crippen molar-refractivity contribution in [2.45, 2.75) is 58.6 Å². The Hall–Kier alpha value is -0.0800. The molecule has 1 heterocycles. The highest BCUT2D eigenvalue weighted by Gasteiger charge is 2.40. The van der Waals surface area contributed by atoms with E-state index in [1.165, 1.54) is 19.3 Å². The Morgan fingerprint density at radius 2 is 1.87 bits per heavy atom. The van der Waals surface area contributed by atoms with E-state index in [4.69, 9.17) is 0 Å². The Kier molecular flexibility index (Phi) is 3.09. The monoisotopic (exact) mass is 211 g/mol. The third-order valence-corrected chi connectivity index (χ3v) is 4.47. The summed E-state index contributed by atoms with van der Waals surface area (Å²) in [5.74, 6) is 1.34. The zero-order chi connectivity index (χ0) is 11.1. The molecule has 2 rings (SSSR count). The van der Waals surface area contributed by atoms with Crippen LogP contribution in [0.4, 0.5) is 0 Å². The fraction of sp³-hybridized carbons (Fsp3) is 1.00. The van der Waals surface area contributed by atoms with Crippen LogP contribution in [0.25, 0.3) is 0 Å². The second kappa shape index (κ2) is 4.06. The first-order valence-corrected chi connectivity index (χ1v) is 6.40. The largest absolute Gasteiger partial charge is 0.393 e. The fourth-order valence-electron chi connectivity index (χ4n) is 3.31. The van der Waals surface area contributed by atoms with E-state index in [9.17, 15) is 5.11 Å². The molecule has 0 aromatic heterocycles. The summed E-state index contributed by atoms with van der Waals surface area (Å²) in [7, 11) is 0. The van der Waals surface area contributed by atoms with E-state index in [0.717, 1.165) is 18.9 Å². The Labute approximate surface area is 93.5 Å². The standard InChI is InChI=1S/C13H25NO/c1-13(2,3)9-4-5-10-11(8-9)14-7-6-12(10)15/h9-12,14-15H,4-8H2,1-3H3. The van der Waals surface area contributed by atoms with Gasteiger partial charge in [-0.1, -0.05) is 20.8 Å². The van der Waals surface area contributed by atoms with Gasteiger partial charge in [-0.15, -0.1) is 0 Å². The summed E-state index contributed by atoms with van der Waals surface area (Å²) in [4.78, 5) is 0. The van der Waals surface area contributed by atoms with Crippen LogP contribution in [0, 0.1) is 17.3 Å². The molecule has 2 N–H and O–H groups in total. The number of hydrogen-bond donors (Lipinski definition) is 2. The SMILES string of the molecule is CC(C)(C)C1CCC2C(O)CCNC2C1. The lowest BCUT2D eigenvalue weighted by molar-refractivity contribution is 0.00294. The van der Waals surface area contributed by atoms with Crippen molar-refractivity contribution in [2.24, 2.45) is 17.3 Å². The minimum Gasteiger partial charge on any atom is -0.393 e. The topological polar surface area (TPSA) is 32.3 Å². The van der Waals surface area contributed by atoms with Crippen molar-refractivity contribution < 1.29 is 5.11 Å². The molecule has 2 fully saturated rings. The zero-order valence-electron chi connectivity index (χ0n) is 10.3. The smallest absolute Gasteiger partial charge is 0.0595 e. The van der Waals surface area contributed by atoms with E-state index in [1.807, 2.05) is 0 Å². The third-order valence-electron chi connectivity index (χ3n) is 4.47. The van der Waals surface area contributed by atoms with Crippen molar-refractivity contribution in [1.29, 1.82) is 0 Å². The van der Waals surface area contributed by atoms with Crippen LogP contribution < -0.4 is 5.32 Å². The molecule has 4 atom stereocenters. The average Bonchev–Trinajstić information content (AvgIpc) is 2.16. The van der Waals surface area contributed by atoms with E-state index >= 15 is 0 Å². The first-order chi connectivity index (χ1) is 6.98. The first kappa shape index (κ1) is 11.4. The van der Waals surface area contributed by atoms with Gasteiger partial charge in [0, 0.05) is 12.0 Å². The number of rotatable bonds is 0. The van der Waals surface area contributed by atoms with Crippen molar-refractivity contribution in [1.82, 2.24) is 5.32 Å². The summed E-state index contributed by atoms with van der Waals surface area (Å²) >= 11 is 0. The number of aliphatic hydroxyl groups excluding tert-OH is 1. The number of piperidine rings is 1. The van der Waals surface area contributed by atoms with Gasteiger partial charge < -0.3 is 10.4 Å². The molecule has 1 saturated heterocycles. The first-order valence-electron chi connectivity index (χ1n) is 6.40. The van der Waals surface area contributed by atoms with Gasteiger partial charge in [-0.05, 0) is 43.6 Å². The average molecular weight is 211 g/mol. The molecule has 0 aromatic carbocycles. The molecule has 0 bridgehead atoms. The van der Waals surface area contributed by atoms with Gasteiger partial charge in [0.15, 0.2) is 0 Å². The van der Waals surface area contributed by atoms with Crippen LogP contribution in [0.3, 0.4) is 0 Å². The van der Waals surface area contributed by atoms with Crippen LogP contribution in [0.15, 0.2) is 0 Å². The Bertz CT molecular complexity index is 221. The molecule has 2 aliphatic rings. The van der Waals surface area contributed by atoms with Gasteiger partial charge in [0.25, 0.3) is 0 Å². The number of nitrogens with one attached hydrogen (secondary N) is 1. The summed E-state index contributed by atoms with van der Waals surface area (Å²) in [6.45, 7) is 8.03. The number of hydrogen-bond acceptors (Lipinski definition) is 2. The van der Waals surface area contributed by atoms with Gasteiger partial charge in [-0.3, -0.25) is 0 Å². The number of fused-ring (bicyclic) bond motifs is 1. The summed E-state index contributed by atoms with van der Waals surface area (Å²) in [6, 6.07) is 0.576. The van der Waals surface area contributed by atoms with Crippen molar-refractivity contribution >= 4 is 0 Å². The Balaban J connectivity index is 2.00. The molecule has 4 unspecified atom stereocenters. The van der Waals surface area contributed by atoms with Gasteiger partial charge in [0.1, 0.15) is 0 Å². The maximum Gasteiger partial charge on any atom is 0.0595 e. The van der Waals surface area contributed by atoms with Gasteiger partial charge in [-0.25, -0.2) is 0 Å². The normalized spacial score (nSPS) is 42.4. The summed E-state index contributed by atoms with van der Waals surface area (Å²) in [5, 5.41) is 13.5. The van der Waals surface area contributed by atoms with Crippen LogP contribution >= 0.6 is 0 Å². The summed E-state index contributed by atoms with van der Waals surface area (Å²) in [5.41, 5.74) is 0.426. The molecule has 15 heavy (non-hydrogen) atoms. The van der Waals surface area contributed by atoms with Crippen LogP contribution in [0.2, 0.25) is 0 Å². The van der Waals surface area contributed by atoms with Gasteiger partial charge >= 0.3 is 0 Å². The van der Waals surface area contributed by atoms with Gasteiger partial charge in [0.05, 0.1) is 6.10 Å². The lowest BCUT2D eigenvalue weighted by Gasteiger charge is -2.46. The molecule has 0 radical (unpaired) electrons. The van der Waals surface area contributed by atoms with E-state index < -0.39 is 0 Å². The van der Waals surface area contributed by atoms with E-state index in [2.05, 4.69) is 26.1 Å². The maximum atomic E-state index is 9.95. The van der Waals surface area contributed by atoms with E-state index in [0.29, 0.717) is 17.4 Å². The molecular weight excluding hydrogens is 186 g/mol. The lowest BCUT2D eigenvalue weighted by atomic mass is 9.65. The van der Waals surface area contributed by atoms with Crippen LogP contribution in [-0.2, 0) is 0 Å². The molecule has 0 aromatic rings. The molecule has 1 aliphatic heterocycles. The molecule has 1 saturated carbocycles. The van der Waals surface area contributed by atoms with Crippen molar-refractivity contribution in [3.63, 3.8) is 0 Å². The summed E-state index contributed by atoms with van der Waals surface area (Å²) < 4.78 is 0. The van der Waals surface area contributed by atoms with E-state index in [1.54, 1.807) is 0 Å². The van der Waals surface area contributed by atoms with Crippen LogP contribution in [0.5, 0.6) is 0 Å². The van der Waals surface area contributed by atoms with Crippen molar-refractivity contribution in [3.05, 3.63) is 0 Å². The molecule has 2 nitrogen and oxygen atoms in total. The highest BCUT2D eigenvalue weighted by atomic mass is 16.3. The Morgan fingerprint density at radius 3 is 2.53 bits per heavy atom. The third kappa shape index (κ3) is 2.36. The number of aliphatic hydroxyl groups is 1. The predicted molar refractivity (Wildman–Crippen MR) is 62.7 cm³/mol. The van der Waals surface area contributed by atoms with E-state index in [-0.39, 0.29) is 6.10 Å².